The quantitative estimate of drug-likeness (QED) is 0.182. The maximum absolute atomic E-state index is 13.3. The van der Waals surface area contributed by atoms with E-state index in [0.29, 0.717) is 0 Å². The van der Waals surface area contributed by atoms with E-state index >= 15 is 0 Å². The van der Waals surface area contributed by atoms with Gasteiger partial charge in [-0.2, -0.15) is 74.6 Å². The second-order valence-electron chi connectivity index (χ2n) is 5.42. The summed E-state index contributed by atoms with van der Waals surface area (Å²) < 4.78 is 223. The van der Waals surface area contributed by atoms with Crippen molar-refractivity contribution in [3.05, 3.63) is 0 Å². The number of alkyl halides is 18. The van der Waals surface area contributed by atoms with Crippen LogP contribution in [0, 0.1) is 0 Å². The van der Waals surface area contributed by atoms with Crippen molar-refractivity contribution >= 4 is 11.6 Å². The standard InChI is InChI=1S/C11H6ClF17O/c12-3-30-2-1-4(13,14)5(15,16)6(17,18)7(19,20)8(21,22)9(23,24)10(25,26)11(27,28)29/h1-3H2. The van der Waals surface area contributed by atoms with Crippen LogP contribution in [0.25, 0.3) is 0 Å². The van der Waals surface area contributed by atoms with Crippen LogP contribution in [0.15, 0.2) is 0 Å². The summed E-state index contributed by atoms with van der Waals surface area (Å²) in [5.74, 6) is -56.2. The van der Waals surface area contributed by atoms with E-state index in [4.69, 9.17) is 11.6 Å². The molecule has 0 aliphatic rings. The Balaban J connectivity index is 6.48. The fourth-order valence-electron chi connectivity index (χ4n) is 1.61. The zero-order chi connectivity index (χ0) is 24.8. The highest BCUT2D eigenvalue weighted by molar-refractivity contribution is 6.17. The van der Waals surface area contributed by atoms with Gasteiger partial charge in [-0.3, -0.25) is 0 Å². The molecule has 0 amide bonds. The minimum atomic E-state index is -8.62. The van der Waals surface area contributed by atoms with Crippen LogP contribution in [0.2, 0.25) is 0 Å². The van der Waals surface area contributed by atoms with Gasteiger partial charge in [0.05, 0.1) is 6.61 Å². The van der Waals surface area contributed by atoms with Crippen LogP contribution in [0.5, 0.6) is 0 Å². The lowest BCUT2D eigenvalue weighted by atomic mass is 9.88. The Labute approximate surface area is 159 Å². The van der Waals surface area contributed by atoms with Gasteiger partial charge in [0.2, 0.25) is 0 Å². The molecule has 0 aliphatic heterocycles. The van der Waals surface area contributed by atoms with E-state index < -0.39 is 66.7 Å². The molecule has 0 aromatic rings. The maximum Gasteiger partial charge on any atom is 0.460 e. The van der Waals surface area contributed by atoms with Crippen LogP contribution in [-0.2, 0) is 4.74 Å². The molecule has 0 N–H and O–H groups in total. The first-order valence-electron chi connectivity index (χ1n) is 6.66. The molecule has 0 aromatic heterocycles. The fraction of sp³-hybridized carbons (Fsp3) is 1.00. The molecule has 1 nitrogen and oxygen atoms in total. The third-order valence-corrected chi connectivity index (χ3v) is 3.58. The zero-order valence-electron chi connectivity index (χ0n) is 13.3. The third-order valence-electron chi connectivity index (χ3n) is 3.42. The van der Waals surface area contributed by atoms with Crippen LogP contribution in [0.3, 0.4) is 0 Å². The highest BCUT2D eigenvalue weighted by Gasteiger charge is 2.95. The largest absolute Gasteiger partial charge is 0.460 e. The van der Waals surface area contributed by atoms with Gasteiger partial charge in [0.15, 0.2) is 0 Å². The van der Waals surface area contributed by atoms with Gasteiger partial charge in [-0.05, 0) is 0 Å². The Morgan fingerprint density at radius 3 is 1.07 bits per heavy atom. The smallest absolute Gasteiger partial charge is 0.366 e. The Bertz CT molecular complexity index is 595. The molecular weight excluding hydrogens is 507 g/mol. The summed E-state index contributed by atoms with van der Waals surface area (Å²) in [6, 6.07) is -1.05. The minimum Gasteiger partial charge on any atom is -0.366 e. The van der Waals surface area contributed by atoms with Crippen LogP contribution in [-0.4, -0.2) is 60.3 Å². The van der Waals surface area contributed by atoms with E-state index in [-0.39, 0.29) is 0 Å². The number of ether oxygens (including phenoxy) is 1. The Morgan fingerprint density at radius 1 is 0.467 bits per heavy atom. The van der Waals surface area contributed by atoms with E-state index in [2.05, 4.69) is 4.74 Å². The molecule has 0 bridgehead atoms. The molecule has 30 heavy (non-hydrogen) atoms. The molecule has 0 aromatic carbocycles. The molecule has 0 saturated heterocycles. The molecule has 0 radical (unpaired) electrons. The van der Waals surface area contributed by atoms with E-state index in [1.54, 1.807) is 0 Å². The topological polar surface area (TPSA) is 9.23 Å². The molecule has 0 atom stereocenters. The highest BCUT2D eigenvalue weighted by Crippen LogP contribution is 2.64. The van der Waals surface area contributed by atoms with E-state index in [1.807, 2.05) is 0 Å². The van der Waals surface area contributed by atoms with Gasteiger partial charge in [-0.25, -0.2) is 0 Å². The van der Waals surface area contributed by atoms with Crippen LogP contribution < -0.4 is 0 Å². The highest BCUT2D eigenvalue weighted by atomic mass is 35.5. The first kappa shape index (κ1) is 29.1. The third kappa shape index (κ3) is 3.97. The van der Waals surface area contributed by atoms with Crippen molar-refractivity contribution in [2.75, 3.05) is 12.7 Å². The van der Waals surface area contributed by atoms with Gasteiger partial charge >= 0.3 is 47.6 Å². The van der Waals surface area contributed by atoms with Gasteiger partial charge in [-0.1, -0.05) is 11.6 Å². The normalized spacial score (nSPS) is 16.2. The first-order valence-corrected chi connectivity index (χ1v) is 7.20. The summed E-state index contributed by atoms with van der Waals surface area (Å²) in [4.78, 5) is 0. The molecule has 0 heterocycles. The summed E-state index contributed by atoms with van der Waals surface area (Å²) >= 11 is 4.73. The van der Waals surface area contributed by atoms with Gasteiger partial charge in [0.25, 0.3) is 0 Å². The number of hydrogen-bond acceptors (Lipinski definition) is 1. The van der Waals surface area contributed by atoms with Crippen molar-refractivity contribution in [2.45, 2.75) is 54.1 Å². The Hall–Kier alpha value is -0.940. The van der Waals surface area contributed by atoms with Gasteiger partial charge in [-0.15, -0.1) is 0 Å². The van der Waals surface area contributed by atoms with Crippen molar-refractivity contribution in [2.24, 2.45) is 0 Å². The summed E-state index contributed by atoms with van der Waals surface area (Å²) in [6.45, 7) is -1.70. The molecule has 0 aliphatic carbocycles. The second kappa shape index (κ2) is 7.88. The number of halogens is 18. The van der Waals surface area contributed by atoms with Gasteiger partial charge in [0, 0.05) is 6.42 Å². The summed E-state index contributed by atoms with van der Waals surface area (Å²) in [6.07, 6.45) is -10.4. The zero-order valence-corrected chi connectivity index (χ0v) is 14.1. The second-order valence-corrected chi connectivity index (χ2v) is 5.63. The molecule has 0 saturated carbocycles. The predicted molar refractivity (Wildman–Crippen MR) is 62.0 cm³/mol. The minimum absolute atomic E-state index is 1.05. The number of rotatable bonds is 10. The van der Waals surface area contributed by atoms with Crippen molar-refractivity contribution in [1.82, 2.24) is 0 Å². The maximum atomic E-state index is 13.3. The molecule has 0 spiro atoms. The van der Waals surface area contributed by atoms with Crippen molar-refractivity contribution in [3.63, 3.8) is 0 Å². The Morgan fingerprint density at radius 2 is 0.767 bits per heavy atom. The van der Waals surface area contributed by atoms with E-state index in [1.165, 1.54) is 0 Å². The van der Waals surface area contributed by atoms with E-state index in [9.17, 15) is 74.6 Å². The van der Waals surface area contributed by atoms with Gasteiger partial charge in [0.1, 0.15) is 6.07 Å². The summed E-state index contributed by atoms with van der Waals surface area (Å²) in [5, 5.41) is 0. The summed E-state index contributed by atoms with van der Waals surface area (Å²) in [7, 11) is 0. The lowest BCUT2D eigenvalue weighted by Crippen LogP contribution is -2.74. The van der Waals surface area contributed by atoms with Crippen molar-refractivity contribution in [1.29, 1.82) is 0 Å². The molecule has 0 rings (SSSR count). The molecular formula is C11H6ClF17O. The Kier molecular flexibility index (Phi) is 7.63. The lowest BCUT2D eigenvalue weighted by molar-refractivity contribution is -0.462. The summed E-state index contributed by atoms with van der Waals surface area (Å²) in [5.41, 5.74) is 0. The van der Waals surface area contributed by atoms with Crippen molar-refractivity contribution in [3.8, 4) is 0 Å². The fourth-order valence-corrected chi connectivity index (χ4v) is 1.72. The van der Waals surface area contributed by atoms with Gasteiger partial charge < -0.3 is 4.74 Å². The van der Waals surface area contributed by atoms with E-state index in [0.717, 1.165) is 0 Å². The molecule has 182 valence electrons. The predicted octanol–water partition coefficient (Wildman–Crippen LogP) is 6.60. The van der Waals surface area contributed by atoms with Crippen LogP contribution >= 0.6 is 11.6 Å². The monoisotopic (exact) mass is 512 g/mol. The molecule has 19 heteroatoms. The lowest BCUT2D eigenvalue weighted by Gasteiger charge is -2.42. The molecule has 0 fully saturated rings. The van der Waals surface area contributed by atoms with Crippen LogP contribution in [0.1, 0.15) is 6.42 Å². The molecule has 0 unspecified atom stereocenters. The van der Waals surface area contributed by atoms with Crippen molar-refractivity contribution < 1.29 is 79.4 Å². The first-order chi connectivity index (χ1) is 12.8. The number of hydrogen-bond donors (Lipinski definition) is 0. The van der Waals surface area contributed by atoms with Crippen LogP contribution in [0.4, 0.5) is 74.6 Å². The average molecular weight is 513 g/mol. The SMILES string of the molecule is FC(F)(F)C(F)(F)C(F)(F)C(F)(F)C(F)(F)C(F)(F)C(F)(F)C(F)(F)CCOCCl. The average Bonchev–Trinajstić information content (AvgIpc) is 2.52.